The maximum absolute atomic E-state index is 15.5. The van der Waals surface area contributed by atoms with Crippen molar-refractivity contribution in [3.8, 4) is 44.9 Å². The van der Waals surface area contributed by atoms with Crippen molar-refractivity contribution >= 4 is 13.2 Å². The van der Waals surface area contributed by atoms with Gasteiger partial charge in [0.25, 0.3) is 0 Å². The average Bonchev–Trinajstić information content (AvgIpc) is 3.06. The van der Waals surface area contributed by atoms with Crippen molar-refractivity contribution in [1.29, 1.82) is 0 Å². The summed E-state index contributed by atoms with van der Waals surface area (Å²) in [6.07, 6.45) is 12.9. The first kappa shape index (κ1) is 29.8. The topological polar surface area (TPSA) is 18.5 Å². The average molecular weight is 599 g/mol. The molecule has 0 saturated heterocycles. The Kier molecular flexibility index (Phi) is 9.43. The quantitative estimate of drug-likeness (QED) is 0.188. The number of hydrogen-bond donors (Lipinski definition) is 0. The minimum absolute atomic E-state index is 0.351. The summed E-state index contributed by atoms with van der Waals surface area (Å²) in [5, 5.41) is 1.37. The van der Waals surface area contributed by atoms with Crippen LogP contribution in [0.3, 0.4) is 0 Å². The summed E-state index contributed by atoms with van der Waals surface area (Å²) in [6.45, 7) is 0. The van der Waals surface area contributed by atoms with Gasteiger partial charge in [0.1, 0.15) is 23.1 Å². The highest BCUT2D eigenvalue weighted by Crippen LogP contribution is 2.58. The smallest absolute Gasteiger partial charge is 0.138 e. The van der Waals surface area contributed by atoms with E-state index in [4.69, 9.17) is 9.47 Å². The van der Waals surface area contributed by atoms with E-state index < -0.39 is 7.92 Å². The highest BCUT2D eigenvalue weighted by Gasteiger charge is 2.35. The van der Waals surface area contributed by atoms with Gasteiger partial charge in [-0.1, -0.05) is 107 Å². The molecule has 0 spiro atoms. The van der Waals surface area contributed by atoms with Gasteiger partial charge in [0.15, 0.2) is 0 Å². The minimum Gasteiger partial charge on any atom is -0.495 e. The zero-order valence-corrected chi connectivity index (χ0v) is 26.1. The Bertz CT molecular complexity index is 1470. The molecule has 43 heavy (non-hydrogen) atoms. The van der Waals surface area contributed by atoms with Crippen LogP contribution in [0.2, 0.25) is 0 Å². The lowest BCUT2D eigenvalue weighted by molar-refractivity contribution is 0.399. The molecular formula is C38H41F2O2P. The van der Waals surface area contributed by atoms with Crippen LogP contribution in [0.1, 0.15) is 64.2 Å². The molecule has 2 nitrogen and oxygen atoms in total. The van der Waals surface area contributed by atoms with Crippen LogP contribution in [0.15, 0.2) is 78.9 Å². The van der Waals surface area contributed by atoms with E-state index in [0.717, 1.165) is 11.1 Å². The predicted molar refractivity (Wildman–Crippen MR) is 176 cm³/mol. The van der Waals surface area contributed by atoms with Crippen molar-refractivity contribution in [2.24, 2.45) is 0 Å². The molecule has 0 heterocycles. The maximum Gasteiger partial charge on any atom is 0.138 e. The third-order valence-electron chi connectivity index (χ3n) is 9.36. The third kappa shape index (κ3) is 5.96. The highest BCUT2D eigenvalue weighted by atomic mass is 31.1. The Morgan fingerprint density at radius 3 is 1.40 bits per heavy atom. The fourth-order valence-electron chi connectivity index (χ4n) is 7.40. The molecule has 6 rings (SSSR count). The van der Waals surface area contributed by atoms with Gasteiger partial charge < -0.3 is 9.47 Å². The summed E-state index contributed by atoms with van der Waals surface area (Å²) in [5.41, 5.74) is 5.22. The monoisotopic (exact) mass is 598 g/mol. The van der Waals surface area contributed by atoms with Crippen LogP contribution in [-0.2, 0) is 0 Å². The van der Waals surface area contributed by atoms with Crippen LogP contribution in [0.5, 0.6) is 11.5 Å². The van der Waals surface area contributed by atoms with Gasteiger partial charge in [-0.15, -0.1) is 0 Å². The molecule has 0 aliphatic heterocycles. The number of rotatable bonds is 8. The van der Waals surface area contributed by atoms with Crippen molar-refractivity contribution in [2.75, 3.05) is 14.2 Å². The molecule has 224 valence electrons. The van der Waals surface area contributed by atoms with Crippen molar-refractivity contribution in [2.45, 2.75) is 75.5 Å². The van der Waals surface area contributed by atoms with Crippen molar-refractivity contribution in [1.82, 2.24) is 0 Å². The maximum atomic E-state index is 15.5. The summed E-state index contributed by atoms with van der Waals surface area (Å²) >= 11 is 0. The molecular weight excluding hydrogens is 557 g/mol. The Labute approximate surface area is 256 Å². The van der Waals surface area contributed by atoms with Gasteiger partial charge in [-0.2, -0.15) is 0 Å². The zero-order chi connectivity index (χ0) is 29.8. The second kappa shape index (κ2) is 13.6. The molecule has 2 aliphatic rings. The van der Waals surface area contributed by atoms with Gasteiger partial charge in [-0.3, -0.25) is 0 Å². The molecule has 0 aromatic heterocycles. The molecule has 0 unspecified atom stereocenters. The number of ether oxygens (including phenoxy) is 2. The molecule has 0 N–H and O–H groups in total. The molecule has 4 aromatic rings. The highest BCUT2D eigenvalue weighted by molar-refractivity contribution is 7.67. The van der Waals surface area contributed by atoms with Gasteiger partial charge in [-0.05, 0) is 66.1 Å². The lowest BCUT2D eigenvalue weighted by atomic mass is 9.90. The van der Waals surface area contributed by atoms with Gasteiger partial charge in [-0.25, -0.2) is 8.78 Å². The Morgan fingerprint density at radius 1 is 0.535 bits per heavy atom. The summed E-state index contributed by atoms with van der Waals surface area (Å²) < 4.78 is 43.3. The second-order valence-corrected chi connectivity index (χ2v) is 14.6. The molecule has 2 aliphatic carbocycles. The van der Waals surface area contributed by atoms with Gasteiger partial charge in [0.05, 0.1) is 19.8 Å². The first-order valence-electron chi connectivity index (χ1n) is 15.8. The van der Waals surface area contributed by atoms with Gasteiger partial charge >= 0.3 is 0 Å². The summed E-state index contributed by atoms with van der Waals surface area (Å²) in [5.74, 6) is 0.404. The largest absolute Gasteiger partial charge is 0.495 e. The first-order valence-corrected chi connectivity index (χ1v) is 17.3. The van der Waals surface area contributed by atoms with Gasteiger partial charge in [0, 0.05) is 22.3 Å². The summed E-state index contributed by atoms with van der Waals surface area (Å²) in [7, 11) is 2.81. The standard InChI is InChI=1S/C38H41F2O2P/c1-41-37-31(28-19-9-12-22-33(28)39)25-32(29-20-10-13-23-34(29)40)38(42-2)36(37)30-21-11-14-24-35(30)43(26-15-5-3-6-16-26)27-17-7-4-8-18-27/h9-14,19-27H,3-8,15-18H2,1-2H3. The van der Waals surface area contributed by atoms with Crippen molar-refractivity contribution in [3.63, 3.8) is 0 Å². The molecule has 4 aromatic carbocycles. The summed E-state index contributed by atoms with van der Waals surface area (Å²) in [4.78, 5) is 0. The van der Waals surface area contributed by atoms with E-state index in [1.54, 1.807) is 38.5 Å². The van der Waals surface area contributed by atoms with Crippen molar-refractivity contribution < 1.29 is 18.3 Å². The van der Waals surface area contributed by atoms with Gasteiger partial charge in [0.2, 0.25) is 0 Å². The Balaban J connectivity index is 1.66. The first-order chi connectivity index (χ1) is 21.1. The van der Waals surface area contributed by atoms with E-state index in [9.17, 15) is 0 Å². The Hall–Kier alpha value is -3.23. The lowest BCUT2D eigenvalue weighted by Crippen LogP contribution is -2.27. The lowest BCUT2D eigenvalue weighted by Gasteiger charge is -2.40. The number of benzene rings is 4. The normalized spacial score (nSPS) is 16.4. The van der Waals surface area contributed by atoms with E-state index in [1.807, 2.05) is 18.2 Å². The molecule has 2 saturated carbocycles. The van der Waals surface area contributed by atoms with E-state index in [1.165, 1.54) is 81.6 Å². The van der Waals surface area contributed by atoms with Crippen LogP contribution >= 0.6 is 7.92 Å². The van der Waals surface area contributed by atoms with Crippen LogP contribution < -0.4 is 14.8 Å². The molecule has 0 amide bonds. The predicted octanol–water partition coefficient (Wildman–Crippen LogP) is 10.8. The molecule has 0 atom stereocenters. The van der Waals surface area contributed by atoms with E-state index in [2.05, 4.69) is 24.3 Å². The Morgan fingerprint density at radius 2 is 0.953 bits per heavy atom. The van der Waals surface area contributed by atoms with Crippen LogP contribution in [0.4, 0.5) is 8.78 Å². The second-order valence-electron chi connectivity index (χ2n) is 11.9. The molecule has 5 heteroatoms. The zero-order valence-electron chi connectivity index (χ0n) is 25.3. The fourth-order valence-corrected chi connectivity index (χ4v) is 11.3. The number of hydrogen-bond acceptors (Lipinski definition) is 2. The van der Waals surface area contributed by atoms with Crippen molar-refractivity contribution in [3.05, 3.63) is 90.5 Å². The van der Waals surface area contributed by atoms with Crippen LogP contribution in [-0.4, -0.2) is 25.5 Å². The number of methoxy groups -OCH3 is 2. The summed E-state index contributed by atoms with van der Waals surface area (Å²) in [6, 6.07) is 24.0. The minimum atomic E-state index is -0.471. The van der Waals surface area contributed by atoms with Crippen LogP contribution in [0, 0.1) is 11.6 Å². The van der Waals surface area contributed by atoms with E-state index in [-0.39, 0.29) is 11.6 Å². The molecule has 0 radical (unpaired) electrons. The van der Waals surface area contributed by atoms with E-state index >= 15 is 8.78 Å². The van der Waals surface area contributed by atoms with Crippen LogP contribution in [0.25, 0.3) is 33.4 Å². The number of halogens is 2. The third-order valence-corrected chi connectivity index (χ3v) is 12.9. The molecule has 0 bridgehead atoms. The molecule has 2 fully saturated rings. The fraction of sp³-hybridized carbons (Fsp3) is 0.368. The van der Waals surface area contributed by atoms with E-state index in [0.29, 0.717) is 45.1 Å². The SMILES string of the molecule is COc1c(-c2ccccc2F)cc(-c2ccccc2F)c(OC)c1-c1ccccc1P(C1CCCCC1)C1CCCCC1.